The van der Waals surface area contributed by atoms with Gasteiger partial charge in [0.1, 0.15) is 11.2 Å². The monoisotopic (exact) mass is 2010 g/mol. The first kappa shape index (κ1) is 128. The van der Waals surface area contributed by atoms with Crippen LogP contribution < -0.4 is 104 Å². The second-order valence-electron chi connectivity index (χ2n) is 25.1. The summed E-state index contributed by atoms with van der Waals surface area (Å²) in [6.07, 6.45) is -5.99. The summed E-state index contributed by atoms with van der Waals surface area (Å²) >= 11 is 5.80. The Hall–Kier alpha value is -10.5. The molecule has 39 nitrogen and oxygen atoms in total. The number of aliphatic hydroxyl groups excluding tert-OH is 1. The molecular weight excluding hydrogens is 1940 g/mol. The number of alkyl halides is 5. The number of carboxylic acids is 1. The summed E-state index contributed by atoms with van der Waals surface area (Å²) in [5.41, 5.74) is -0.928. The van der Waals surface area contributed by atoms with Gasteiger partial charge >= 0.3 is 112 Å². The maximum Gasteiger partial charge on any atom is 1.00 e. The van der Waals surface area contributed by atoms with E-state index in [1.807, 2.05) is 0 Å². The average molecular weight is 2020 g/mol. The first-order valence-corrected chi connectivity index (χ1v) is 35.5. The molecule has 705 valence electrons. The van der Waals surface area contributed by atoms with Crippen LogP contribution in [0, 0.1) is 130 Å². The van der Waals surface area contributed by atoms with E-state index in [-0.39, 0.29) is 166 Å². The van der Waals surface area contributed by atoms with Gasteiger partial charge in [0.15, 0.2) is 53.2 Å². The van der Waals surface area contributed by atoms with Crippen molar-refractivity contribution in [2.45, 2.75) is 122 Å². The van der Waals surface area contributed by atoms with Crippen LogP contribution in [0.25, 0.3) is 0 Å². The van der Waals surface area contributed by atoms with Crippen LogP contribution in [0.2, 0.25) is 0 Å². The molecule has 0 unspecified atom stereocenters. The van der Waals surface area contributed by atoms with E-state index in [4.69, 9.17) is 55.0 Å². The molecule has 0 aromatic heterocycles. The van der Waals surface area contributed by atoms with Gasteiger partial charge in [-0.25, -0.2) is 40.7 Å². The van der Waals surface area contributed by atoms with Crippen LogP contribution in [0.4, 0.5) is 104 Å². The van der Waals surface area contributed by atoms with Crippen molar-refractivity contribution in [2.24, 2.45) is 5.73 Å². The van der Waals surface area contributed by atoms with Crippen LogP contribution in [0.15, 0.2) is 42.5 Å². The fraction of sp³-hybridized carbons (Fsp3) is 0.406. The first-order valence-electron chi connectivity index (χ1n) is 33.3. The standard InChI is InChI=1S/C16H22F2N2O6.C11H14F2N2O4.2C8H6BrF2NO3.C8H5F2NO4.C8H6F2O2.C8H17NO3.C2HF3O2.B.HNO3.2Na.2H/c1-9(19-15(21)26-16(2,3)4)7-25-8-10-6-11(20(22)23)14(24-5)13(18)12(10)17;1-6(14)4-19-5-7-3-8(15(16)17)11(18-2)10(13)9(7)12;2*1-15-8-5(12(13)14)2-4(3-9)6(10)7(8)11;1-15-8-5(11(13)14)2-4(3-12)6(9)7(8)10;1-12-6-3-2-5(4-11)7(9)8(6)10;1-6(5-10)9-7(11)12-8(2,3)4;3-2(4,5)1(6)7;;2-1(3)4;;;;/h6,9H,7-8H2,1-5H3,(H,19,21);3,6H,4-5,14H2,1-2H3;2*2H,3H2,1H3;2-3H,1H3;2-4H,1H3;6,10H,5H2,1-4H3,(H,9,11);(H,6,7);;(H,2,3,4);;;;/q;;;;;;;;;;2*+1;2*-1/t9-;6-;;;;;6-;;;;;;;/m11....1......./s1. The van der Waals surface area contributed by atoms with Crippen molar-refractivity contribution < 1.29 is 244 Å². The Bertz CT molecular complexity index is 4670. The summed E-state index contributed by atoms with van der Waals surface area (Å²) in [7, 11) is 6.30. The number of halogens is 17. The third-order valence-electron chi connectivity index (χ3n) is 13.2. The maximum absolute atomic E-state index is 14.0. The number of carboxylic acid groups (broad SMARTS) is 1. The molecule has 0 bridgehead atoms. The fourth-order valence-electron chi connectivity index (χ4n) is 7.94. The number of nitro groups is 5. The van der Waals surface area contributed by atoms with Gasteiger partial charge in [-0.1, -0.05) is 31.9 Å². The van der Waals surface area contributed by atoms with Gasteiger partial charge in [0.05, 0.1) is 124 Å². The Morgan fingerprint density at radius 3 is 0.961 bits per heavy atom. The Kier molecular flexibility index (Phi) is 62.0. The van der Waals surface area contributed by atoms with Gasteiger partial charge in [0, 0.05) is 77.7 Å². The summed E-state index contributed by atoms with van der Waals surface area (Å²) in [6.45, 7) is 14.8. The third kappa shape index (κ3) is 44.5. The zero-order valence-corrected chi connectivity index (χ0v) is 77.2. The molecule has 0 fully saturated rings. The first-order chi connectivity index (χ1) is 57.6. The number of hydrogen-bond acceptors (Lipinski definition) is 29. The predicted octanol–water partition coefficient (Wildman–Crippen LogP) is 9.12. The Balaban J connectivity index is -0.000000220. The van der Waals surface area contributed by atoms with Crippen molar-refractivity contribution in [3.63, 3.8) is 0 Å². The number of benzene rings is 6. The van der Waals surface area contributed by atoms with Crippen molar-refractivity contribution in [1.29, 1.82) is 0 Å². The number of carbonyl (C=O) groups is 5. The number of amides is 2. The zero-order valence-electron chi connectivity index (χ0n) is 72.0. The van der Waals surface area contributed by atoms with Crippen molar-refractivity contribution in [3.8, 4) is 34.5 Å². The Morgan fingerprint density at radius 2 is 0.719 bits per heavy atom. The van der Waals surface area contributed by atoms with Gasteiger partial charge in [0.2, 0.25) is 63.7 Å². The van der Waals surface area contributed by atoms with E-state index >= 15 is 0 Å². The van der Waals surface area contributed by atoms with Crippen LogP contribution in [0.3, 0.4) is 0 Å². The van der Waals surface area contributed by atoms with Gasteiger partial charge in [0.25, 0.3) is 5.09 Å². The molecule has 59 heteroatoms. The number of aliphatic carboxylic acids is 1. The number of nitrogens with one attached hydrogen (secondary N) is 2. The molecule has 6 rings (SSSR count). The number of rotatable bonds is 26. The second kappa shape index (κ2) is 61.9. The predicted molar refractivity (Wildman–Crippen MR) is 415 cm³/mol. The van der Waals surface area contributed by atoms with Crippen LogP contribution in [0.5, 0.6) is 34.5 Å². The van der Waals surface area contributed by atoms with E-state index in [0.29, 0.717) is 6.07 Å². The molecule has 2 amide bonds. The topological polar surface area (TPSA) is 547 Å². The van der Waals surface area contributed by atoms with Gasteiger partial charge < -0.3 is 82.0 Å². The molecule has 0 heterocycles. The minimum absolute atomic E-state index is 0. The van der Waals surface area contributed by atoms with E-state index in [2.05, 4.69) is 70.9 Å². The van der Waals surface area contributed by atoms with E-state index in [9.17, 15) is 136 Å². The summed E-state index contributed by atoms with van der Waals surface area (Å²) in [5.74, 6) is -22.4. The summed E-state index contributed by atoms with van der Waals surface area (Å²) in [4.78, 5) is 109. The molecule has 0 aliphatic heterocycles. The molecule has 0 aliphatic carbocycles. The van der Waals surface area contributed by atoms with E-state index in [1.165, 1.54) is 13.2 Å². The van der Waals surface area contributed by atoms with Crippen molar-refractivity contribution >= 4 is 99.4 Å². The molecule has 3 atom stereocenters. The molecule has 0 spiro atoms. The maximum atomic E-state index is 14.0. The quantitative estimate of drug-likeness (QED) is 0.00735. The number of carbonyl (C=O) groups excluding carboxylic acids is 4. The molecule has 128 heavy (non-hydrogen) atoms. The van der Waals surface area contributed by atoms with Crippen molar-refractivity contribution in [1.82, 2.24) is 10.6 Å². The number of nitrogens with zero attached hydrogens (tertiary/aromatic N) is 6. The molecule has 6 aromatic rings. The Morgan fingerprint density at radius 1 is 0.461 bits per heavy atom. The normalized spacial score (nSPS) is 10.9. The van der Waals surface area contributed by atoms with E-state index in [1.54, 1.807) is 62.3 Å². The molecule has 0 saturated heterocycles. The summed E-state index contributed by atoms with van der Waals surface area (Å²) < 4.78 is 238. The molecule has 6 aromatic carbocycles. The molecule has 0 aliphatic rings. The van der Waals surface area contributed by atoms with E-state index < -0.39 is 210 Å². The molecule has 3 radical (unpaired) electrons. The second-order valence-corrected chi connectivity index (χ2v) is 26.2. The van der Waals surface area contributed by atoms with Gasteiger partial charge in [-0.2, -0.15) is 39.5 Å². The smallest absolute Gasteiger partial charge is 1.00 e. The van der Waals surface area contributed by atoms with Crippen LogP contribution in [0.1, 0.15) is 108 Å². The van der Waals surface area contributed by atoms with Crippen molar-refractivity contribution in [3.05, 3.63) is 206 Å². The minimum Gasteiger partial charge on any atom is -1.00 e. The number of aldehydes is 2. The fourth-order valence-corrected chi connectivity index (χ4v) is 8.76. The van der Waals surface area contributed by atoms with Crippen LogP contribution in [-0.2, 0) is 47.6 Å². The number of alkyl carbamates (subject to hydrolysis) is 2. The van der Waals surface area contributed by atoms with Crippen molar-refractivity contribution in [2.75, 3.05) is 62.5 Å². The van der Waals surface area contributed by atoms with Crippen LogP contribution in [-0.4, -0.2) is 182 Å². The minimum atomic E-state index is -5.08. The summed E-state index contributed by atoms with van der Waals surface area (Å²) in [6, 6.07) is 5.56. The van der Waals surface area contributed by atoms with Gasteiger partial charge in [-0.05, 0) is 74.4 Å². The SMILES string of the molecule is COc1c([N+](=O)[O-])cc(C=O)c(F)c1F.COc1c([N+](=O)[O-])cc(CBr)c(F)c1F.COc1c([N+](=O)[O-])cc(CBr)c(F)c1F.COc1c([N+](=O)[O-])cc(COC[C@@H](C)N)c(F)c1F.COc1c([N+](=O)[O-])cc(COC[C@@H](C)NC(=O)OC(C)(C)C)c(F)c1F.COc1ccc(C=O)c(F)c1F.C[C@H](CO)NC(=O)OC(C)(C)C.O=C(O)C(F)(F)F.O=[N+]([O-])O.[B].[H-].[H-].[Na+].[Na+]. The Labute approximate surface area is 780 Å². The number of methoxy groups -OCH3 is 6. The van der Waals surface area contributed by atoms with E-state index in [0.717, 1.165) is 65.9 Å². The third-order valence-corrected chi connectivity index (χ3v) is 14.4. The molecular formula is C69H80BBr2F15N9Na2O30. The van der Waals surface area contributed by atoms with Gasteiger partial charge in [-0.3, -0.25) is 60.2 Å². The largest absolute Gasteiger partial charge is 1.00 e. The van der Waals surface area contributed by atoms with Gasteiger partial charge in [-0.15, -0.1) is 10.1 Å². The number of hydrogen-bond donors (Lipinski definition) is 6. The number of ether oxygens (including phenoxy) is 10. The van der Waals surface area contributed by atoms with Crippen LogP contribution >= 0.6 is 31.9 Å². The average Bonchev–Trinajstić information content (AvgIpc) is 0.829. The summed E-state index contributed by atoms with van der Waals surface area (Å²) in [5, 5.41) is 87.5. The number of nitrogens with two attached hydrogens (primary N) is 1. The number of aliphatic hydroxyl groups is 1. The molecule has 7 N–H and O–H groups in total. The number of nitro benzene ring substituents is 5. The molecule has 0 saturated carbocycles. The zero-order chi connectivity index (χ0) is 98.0.